The molecule has 0 unspecified atom stereocenters. The summed E-state index contributed by atoms with van der Waals surface area (Å²) in [5.41, 5.74) is 1.43. The molecule has 0 radical (unpaired) electrons. The molecule has 134 valence electrons. The second-order valence-corrected chi connectivity index (χ2v) is 6.28. The van der Waals surface area contributed by atoms with E-state index in [1.165, 1.54) is 23.5 Å². The Balaban J connectivity index is 1.97. The van der Waals surface area contributed by atoms with Gasteiger partial charge in [0, 0.05) is 17.7 Å². The van der Waals surface area contributed by atoms with E-state index in [0.717, 1.165) is 15.3 Å². The van der Waals surface area contributed by atoms with Gasteiger partial charge in [-0.1, -0.05) is 0 Å². The number of nitro benzene ring substituents is 1. The van der Waals surface area contributed by atoms with Crippen molar-refractivity contribution < 1.29 is 19.1 Å². The third kappa shape index (κ3) is 3.31. The van der Waals surface area contributed by atoms with Crippen LogP contribution in [0.1, 0.15) is 10.6 Å². The summed E-state index contributed by atoms with van der Waals surface area (Å²) in [4.78, 5) is 14.9. The van der Waals surface area contributed by atoms with Crippen LogP contribution in [-0.4, -0.2) is 31.2 Å². The number of nitrogens with zero attached hydrogens (tertiary/aromatic N) is 2. The van der Waals surface area contributed by atoms with E-state index in [4.69, 9.17) is 14.2 Å². The Morgan fingerprint density at radius 2 is 1.81 bits per heavy atom. The Bertz CT molecular complexity index is 997. The van der Waals surface area contributed by atoms with E-state index in [0.29, 0.717) is 22.8 Å². The quantitative estimate of drug-likeness (QED) is 0.471. The lowest BCUT2D eigenvalue weighted by atomic mass is 10.1. The molecular weight excluding hydrogens is 356 g/mol. The fourth-order valence-corrected chi connectivity index (χ4v) is 3.39. The number of ether oxygens (including phenoxy) is 3. The monoisotopic (exact) mass is 372 g/mol. The lowest BCUT2D eigenvalue weighted by molar-refractivity contribution is -0.384. The molecule has 0 N–H and O–H groups in total. The maximum absolute atomic E-state index is 10.9. The van der Waals surface area contributed by atoms with Gasteiger partial charge in [-0.15, -0.1) is 11.3 Å². The molecular formula is C18H16N2O5S. The van der Waals surface area contributed by atoms with Crippen molar-refractivity contribution in [2.75, 3.05) is 21.3 Å². The molecule has 26 heavy (non-hydrogen) atoms. The SMILES string of the molecule is COc1ccc(/C=C/c2nc3cc([N+](=O)[O-])ccc3s2)c(OC)c1OC. The highest BCUT2D eigenvalue weighted by Crippen LogP contribution is 2.40. The normalized spacial score (nSPS) is 11.0. The van der Waals surface area contributed by atoms with Crippen LogP contribution in [0.3, 0.4) is 0 Å². The fourth-order valence-electron chi connectivity index (χ4n) is 2.54. The highest BCUT2D eigenvalue weighted by Gasteiger charge is 2.14. The van der Waals surface area contributed by atoms with E-state index in [1.54, 1.807) is 33.5 Å². The van der Waals surface area contributed by atoms with Gasteiger partial charge in [-0.2, -0.15) is 0 Å². The van der Waals surface area contributed by atoms with Gasteiger partial charge >= 0.3 is 0 Å². The third-order valence-corrected chi connectivity index (χ3v) is 4.74. The molecule has 8 heteroatoms. The molecule has 3 aromatic rings. The molecule has 0 bridgehead atoms. The minimum Gasteiger partial charge on any atom is -0.493 e. The van der Waals surface area contributed by atoms with Crippen LogP contribution in [0.4, 0.5) is 5.69 Å². The molecule has 2 aromatic carbocycles. The molecule has 3 rings (SSSR count). The van der Waals surface area contributed by atoms with Gasteiger partial charge < -0.3 is 14.2 Å². The summed E-state index contributed by atoms with van der Waals surface area (Å²) in [7, 11) is 4.67. The number of benzene rings is 2. The summed E-state index contributed by atoms with van der Waals surface area (Å²) in [6.07, 6.45) is 3.69. The number of thiazole rings is 1. The van der Waals surface area contributed by atoms with Crippen LogP contribution < -0.4 is 14.2 Å². The van der Waals surface area contributed by atoms with Crippen molar-refractivity contribution in [1.82, 2.24) is 4.98 Å². The van der Waals surface area contributed by atoms with Crippen molar-refractivity contribution in [3.05, 3.63) is 51.0 Å². The van der Waals surface area contributed by atoms with E-state index in [9.17, 15) is 10.1 Å². The van der Waals surface area contributed by atoms with Gasteiger partial charge in [0.1, 0.15) is 5.01 Å². The average molecular weight is 372 g/mol. The number of hydrogen-bond acceptors (Lipinski definition) is 7. The number of hydrogen-bond donors (Lipinski definition) is 0. The minimum atomic E-state index is -0.428. The summed E-state index contributed by atoms with van der Waals surface area (Å²) in [6, 6.07) is 8.31. The minimum absolute atomic E-state index is 0.0277. The van der Waals surface area contributed by atoms with Gasteiger partial charge in [0.15, 0.2) is 11.5 Å². The van der Waals surface area contributed by atoms with E-state index < -0.39 is 4.92 Å². The lowest BCUT2D eigenvalue weighted by Gasteiger charge is -2.13. The smallest absolute Gasteiger partial charge is 0.271 e. The van der Waals surface area contributed by atoms with E-state index >= 15 is 0 Å². The van der Waals surface area contributed by atoms with Crippen LogP contribution in [0.5, 0.6) is 17.2 Å². The number of rotatable bonds is 6. The zero-order valence-electron chi connectivity index (χ0n) is 14.4. The fraction of sp³-hybridized carbons (Fsp3) is 0.167. The standard InChI is InChI=1S/C18H16N2O5S/c1-23-14-7-4-11(17(24-2)18(14)25-3)5-9-16-19-13-10-12(20(21)22)6-8-15(13)26-16/h4-10H,1-3H3/b9-5+. The Kier molecular flexibility index (Phi) is 5.04. The van der Waals surface area contributed by atoms with Crippen molar-refractivity contribution >= 4 is 39.4 Å². The molecule has 0 amide bonds. The van der Waals surface area contributed by atoms with Crippen LogP contribution in [-0.2, 0) is 0 Å². The van der Waals surface area contributed by atoms with Gasteiger partial charge in [-0.05, 0) is 30.4 Å². The number of fused-ring (bicyclic) bond motifs is 1. The van der Waals surface area contributed by atoms with Crippen LogP contribution in [0.25, 0.3) is 22.4 Å². The zero-order chi connectivity index (χ0) is 18.7. The van der Waals surface area contributed by atoms with Gasteiger partial charge in [0.2, 0.25) is 5.75 Å². The van der Waals surface area contributed by atoms with Crippen molar-refractivity contribution in [2.24, 2.45) is 0 Å². The van der Waals surface area contributed by atoms with Crippen molar-refractivity contribution in [3.8, 4) is 17.2 Å². The molecule has 0 saturated carbocycles. The molecule has 0 aliphatic heterocycles. The van der Waals surface area contributed by atoms with E-state index in [-0.39, 0.29) is 5.69 Å². The Morgan fingerprint density at radius 3 is 2.46 bits per heavy atom. The summed E-state index contributed by atoms with van der Waals surface area (Å²) < 4.78 is 17.0. The first kappa shape index (κ1) is 17.7. The van der Waals surface area contributed by atoms with Crippen LogP contribution in [0.15, 0.2) is 30.3 Å². The topological polar surface area (TPSA) is 83.7 Å². The summed E-state index contributed by atoms with van der Waals surface area (Å²) in [6.45, 7) is 0. The Labute approximate surface area is 153 Å². The first-order valence-corrected chi connectivity index (χ1v) is 8.41. The number of aromatic nitrogens is 1. The lowest BCUT2D eigenvalue weighted by Crippen LogP contribution is -1.96. The number of methoxy groups -OCH3 is 3. The maximum Gasteiger partial charge on any atom is 0.271 e. The third-order valence-electron chi connectivity index (χ3n) is 3.74. The highest BCUT2D eigenvalue weighted by molar-refractivity contribution is 7.19. The molecule has 0 atom stereocenters. The van der Waals surface area contributed by atoms with E-state index in [1.807, 2.05) is 18.2 Å². The maximum atomic E-state index is 10.9. The van der Waals surface area contributed by atoms with Crippen molar-refractivity contribution in [1.29, 1.82) is 0 Å². The summed E-state index contributed by atoms with van der Waals surface area (Å²) in [5, 5.41) is 11.6. The molecule has 1 heterocycles. The molecule has 0 fully saturated rings. The number of nitro groups is 1. The Morgan fingerprint density at radius 1 is 1.04 bits per heavy atom. The Hall–Kier alpha value is -3.13. The highest BCUT2D eigenvalue weighted by atomic mass is 32.1. The van der Waals surface area contributed by atoms with E-state index in [2.05, 4.69) is 4.98 Å². The largest absolute Gasteiger partial charge is 0.493 e. The summed E-state index contributed by atoms with van der Waals surface area (Å²) >= 11 is 1.45. The van der Waals surface area contributed by atoms with Crippen LogP contribution in [0.2, 0.25) is 0 Å². The average Bonchev–Trinajstić information content (AvgIpc) is 3.07. The van der Waals surface area contributed by atoms with Gasteiger partial charge in [0.05, 0.1) is 36.5 Å². The molecule has 7 nitrogen and oxygen atoms in total. The second kappa shape index (κ2) is 7.40. The second-order valence-electron chi connectivity index (χ2n) is 5.22. The van der Waals surface area contributed by atoms with Gasteiger partial charge in [-0.3, -0.25) is 10.1 Å². The molecule has 0 spiro atoms. The molecule has 1 aromatic heterocycles. The van der Waals surface area contributed by atoms with Crippen LogP contribution in [0, 0.1) is 10.1 Å². The summed E-state index contributed by atoms with van der Waals surface area (Å²) in [5.74, 6) is 1.64. The zero-order valence-corrected chi connectivity index (χ0v) is 15.2. The molecule has 0 aliphatic rings. The first-order chi connectivity index (χ1) is 12.6. The van der Waals surface area contributed by atoms with Crippen molar-refractivity contribution in [2.45, 2.75) is 0 Å². The van der Waals surface area contributed by atoms with Gasteiger partial charge in [0.25, 0.3) is 5.69 Å². The molecule has 0 aliphatic carbocycles. The van der Waals surface area contributed by atoms with Crippen molar-refractivity contribution in [3.63, 3.8) is 0 Å². The predicted octanol–water partition coefficient (Wildman–Crippen LogP) is 4.40. The molecule has 0 saturated heterocycles. The number of non-ortho nitro benzene ring substituents is 1. The van der Waals surface area contributed by atoms with Crippen LogP contribution >= 0.6 is 11.3 Å². The van der Waals surface area contributed by atoms with Gasteiger partial charge in [-0.25, -0.2) is 4.98 Å². The first-order valence-electron chi connectivity index (χ1n) is 7.59. The predicted molar refractivity (Wildman–Crippen MR) is 101 cm³/mol.